The molecule has 5 rings (SSSR count). The SMILES string of the molecule is COc1ccc(S(=O)(=O)N(CC(=O)Nc2nc(-c3ccccc3)cn2-c2cccc(C)c2)CC2CC2)cc1. The Balaban J connectivity index is 1.43. The van der Waals surface area contributed by atoms with Crippen molar-refractivity contribution in [1.82, 2.24) is 13.9 Å². The van der Waals surface area contributed by atoms with Crippen molar-refractivity contribution in [2.24, 2.45) is 5.92 Å². The van der Waals surface area contributed by atoms with E-state index in [9.17, 15) is 13.2 Å². The molecule has 1 saturated carbocycles. The number of aryl methyl sites for hydroxylation is 1. The molecule has 1 aliphatic carbocycles. The number of benzene rings is 3. The Hall–Kier alpha value is -3.95. The average molecular weight is 531 g/mol. The van der Waals surface area contributed by atoms with Crippen molar-refractivity contribution in [2.45, 2.75) is 24.7 Å². The van der Waals surface area contributed by atoms with Gasteiger partial charge in [-0.05, 0) is 67.6 Å². The minimum atomic E-state index is -3.88. The van der Waals surface area contributed by atoms with Crippen LogP contribution in [0.2, 0.25) is 0 Å². The van der Waals surface area contributed by atoms with Gasteiger partial charge in [-0.15, -0.1) is 0 Å². The van der Waals surface area contributed by atoms with Crippen LogP contribution in [0.1, 0.15) is 18.4 Å². The van der Waals surface area contributed by atoms with E-state index in [1.54, 1.807) is 12.1 Å². The van der Waals surface area contributed by atoms with Crippen LogP contribution in [-0.4, -0.2) is 48.4 Å². The van der Waals surface area contributed by atoms with E-state index in [-0.39, 0.29) is 17.4 Å². The summed E-state index contributed by atoms with van der Waals surface area (Å²) < 4.78 is 35.2. The third-order valence-corrected chi connectivity index (χ3v) is 8.31. The highest BCUT2D eigenvalue weighted by molar-refractivity contribution is 7.89. The predicted octanol–water partition coefficient (Wildman–Crippen LogP) is 4.90. The topological polar surface area (TPSA) is 93.5 Å². The molecule has 1 aromatic heterocycles. The number of sulfonamides is 1. The molecule has 0 bridgehead atoms. The first-order valence-corrected chi connectivity index (χ1v) is 13.9. The van der Waals surface area contributed by atoms with E-state index < -0.39 is 15.9 Å². The Bertz CT molecular complexity index is 1530. The van der Waals surface area contributed by atoms with Crippen molar-refractivity contribution in [3.63, 3.8) is 0 Å². The Morgan fingerprint density at radius 3 is 2.45 bits per heavy atom. The molecule has 1 fully saturated rings. The monoisotopic (exact) mass is 530 g/mol. The Labute approximate surface area is 223 Å². The van der Waals surface area contributed by atoms with Gasteiger partial charge in [-0.25, -0.2) is 13.4 Å². The number of carbonyl (C=O) groups is 1. The van der Waals surface area contributed by atoms with E-state index in [1.807, 2.05) is 72.3 Å². The fourth-order valence-electron chi connectivity index (χ4n) is 4.25. The van der Waals surface area contributed by atoms with E-state index in [2.05, 4.69) is 5.32 Å². The lowest BCUT2D eigenvalue weighted by molar-refractivity contribution is -0.116. The molecular formula is C29H30N4O4S. The standard InChI is InChI=1S/C29H30N4O4S/c1-21-7-6-10-24(17-21)33-19-27(23-8-4-3-5-9-23)30-29(33)31-28(34)20-32(18-22-11-12-22)38(35,36)26-15-13-25(37-2)14-16-26/h3-10,13-17,19,22H,11-12,18,20H2,1-2H3,(H,30,31,34). The lowest BCUT2D eigenvalue weighted by Crippen LogP contribution is -2.39. The molecule has 1 aliphatic rings. The molecule has 0 atom stereocenters. The Morgan fingerprint density at radius 1 is 1.05 bits per heavy atom. The highest BCUT2D eigenvalue weighted by Crippen LogP contribution is 2.32. The number of hydrogen-bond acceptors (Lipinski definition) is 5. The molecule has 38 heavy (non-hydrogen) atoms. The maximum Gasteiger partial charge on any atom is 0.243 e. The molecule has 3 aromatic carbocycles. The van der Waals surface area contributed by atoms with Crippen molar-refractivity contribution >= 4 is 21.9 Å². The molecule has 0 spiro atoms. The zero-order valence-electron chi connectivity index (χ0n) is 21.4. The van der Waals surface area contributed by atoms with Gasteiger partial charge in [-0.3, -0.25) is 14.7 Å². The number of rotatable bonds is 10. The summed E-state index contributed by atoms with van der Waals surface area (Å²) in [7, 11) is -2.36. The number of nitrogens with zero attached hydrogens (tertiary/aromatic N) is 3. The van der Waals surface area contributed by atoms with Gasteiger partial charge in [-0.1, -0.05) is 42.5 Å². The highest BCUT2D eigenvalue weighted by atomic mass is 32.2. The van der Waals surface area contributed by atoms with Crippen LogP contribution in [0.3, 0.4) is 0 Å². The number of methoxy groups -OCH3 is 1. The second-order valence-electron chi connectivity index (χ2n) is 9.49. The van der Waals surface area contributed by atoms with Gasteiger partial charge < -0.3 is 4.74 Å². The van der Waals surface area contributed by atoms with Gasteiger partial charge >= 0.3 is 0 Å². The number of anilines is 1. The summed E-state index contributed by atoms with van der Waals surface area (Å²) in [6.45, 7) is 1.98. The van der Waals surface area contributed by atoms with E-state index in [0.717, 1.165) is 29.7 Å². The van der Waals surface area contributed by atoms with Crippen LogP contribution in [0.25, 0.3) is 16.9 Å². The Morgan fingerprint density at radius 2 is 1.79 bits per heavy atom. The van der Waals surface area contributed by atoms with E-state index in [4.69, 9.17) is 9.72 Å². The van der Waals surface area contributed by atoms with Crippen molar-refractivity contribution in [2.75, 3.05) is 25.5 Å². The molecule has 1 N–H and O–H groups in total. The minimum Gasteiger partial charge on any atom is -0.497 e. The molecule has 4 aromatic rings. The zero-order chi connectivity index (χ0) is 26.7. The van der Waals surface area contributed by atoms with Gasteiger partial charge in [0.1, 0.15) is 5.75 Å². The van der Waals surface area contributed by atoms with Crippen LogP contribution < -0.4 is 10.1 Å². The lowest BCUT2D eigenvalue weighted by atomic mass is 10.2. The maximum atomic E-state index is 13.5. The van der Waals surface area contributed by atoms with Crippen LogP contribution in [0.15, 0.2) is 90.0 Å². The molecular weight excluding hydrogens is 500 g/mol. The lowest BCUT2D eigenvalue weighted by Gasteiger charge is -2.22. The molecule has 0 saturated heterocycles. The third kappa shape index (κ3) is 5.79. The van der Waals surface area contributed by atoms with Gasteiger partial charge in [0, 0.05) is 24.0 Å². The summed E-state index contributed by atoms with van der Waals surface area (Å²) >= 11 is 0. The summed E-state index contributed by atoms with van der Waals surface area (Å²) in [5.41, 5.74) is 3.52. The highest BCUT2D eigenvalue weighted by Gasteiger charge is 2.33. The number of imidazole rings is 1. The third-order valence-electron chi connectivity index (χ3n) is 6.48. The summed E-state index contributed by atoms with van der Waals surface area (Å²) in [6, 6.07) is 23.8. The number of amides is 1. The molecule has 0 unspecified atom stereocenters. The summed E-state index contributed by atoms with van der Waals surface area (Å²) in [4.78, 5) is 18.1. The van der Waals surface area contributed by atoms with Crippen molar-refractivity contribution in [3.8, 4) is 22.7 Å². The minimum absolute atomic E-state index is 0.124. The van der Waals surface area contributed by atoms with Crippen molar-refractivity contribution < 1.29 is 17.9 Å². The second kappa shape index (κ2) is 10.8. The number of aromatic nitrogens is 2. The second-order valence-corrected chi connectivity index (χ2v) is 11.4. The number of ether oxygens (including phenoxy) is 1. The first-order valence-electron chi connectivity index (χ1n) is 12.5. The molecule has 8 nitrogen and oxygen atoms in total. The van der Waals surface area contributed by atoms with Gasteiger partial charge in [0.2, 0.25) is 21.9 Å². The van der Waals surface area contributed by atoms with Gasteiger partial charge in [0.25, 0.3) is 0 Å². The van der Waals surface area contributed by atoms with E-state index in [1.165, 1.54) is 23.5 Å². The van der Waals surface area contributed by atoms with Crippen LogP contribution in [0.4, 0.5) is 5.95 Å². The first-order chi connectivity index (χ1) is 18.3. The van der Waals surface area contributed by atoms with Crippen LogP contribution >= 0.6 is 0 Å². The average Bonchev–Trinajstić information content (AvgIpc) is 3.65. The van der Waals surface area contributed by atoms with Gasteiger partial charge in [-0.2, -0.15) is 4.31 Å². The molecule has 9 heteroatoms. The fourth-order valence-corrected chi connectivity index (χ4v) is 5.72. The molecule has 0 aliphatic heterocycles. The molecule has 0 radical (unpaired) electrons. The molecule has 1 amide bonds. The number of carbonyl (C=O) groups excluding carboxylic acids is 1. The summed E-state index contributed by atoms with van der Waals surface area (Å²) in [5, 5.41) is 2.87. The predicted molar refractivity (Wildman–Crippen MR) is 147 cm³/mol. The van der Waals surface area contributed by atoms with E-state index in [0.29, 0.717) is 23.9 Å². The normalized spacial score (nSPS) is 13.4. The van der Waals surface area contributed by atoms with Gasteiger partial charge in [0.15, 0.2) is 0 Å². The van der Waals surface area contributed by atoms with Crippen LogP contribution in [-0.2, 0) is 14.8 Å². The maximum absolute atomic E-state index is 13.5. The molecule has 1 heterocycles. The summed E-state index contributed by atoms with van der Waals surface area (Å²) in [6.07, 6.45) is 3.78. The fraction of sp³-hybridized carbons (Fsp3) is 0.241. The van der Waals surface area contributed by atoms with E-state index >= 15 is 0 Å². The summed E-state index contributed by atoms with van der Waals surface area (Å²) in [5.74, 6) is 0.692. The van der Waals surface area contributed by atoms with Crippen LogP contribution in [0, 0.1) is 12.8 Å². The first kappa shape index (κ1) is 25.7. The van der Waals surface area contributed by atoms with Crippen molar-refractivity contribution in [1.29, 1.82) is 0 Å². The van der Waals surface area contributed by atoms with Gasteiger partial charge in [0.05, 0.1) is 24.2 Å². The molecule has 196 valence electrons. The quantitative estimate of drug-likeness (QED) is 0.315. The Kier molecular flexibility index (Phi) is 7.31. The number of hydrogen-bond donors (Lipinski definition) is 1. The smallest absolute Gasteiger partial charge is 0.243 e. The van der Waals surface area contributed by atoms with Crippen LogP contribution in [0.5, 0.6) is 5.75 Å². The number of nitrogens with one attached hydrogen (secondary N) is 1. The zero-order valence-corrected chi connectivity index (χ0v) is 22.2. The van der Waals surface area contributed by atoms with Crippen molar-refractivity contribution in [3.05, 3.63) is 90.6 Å². The largest absolute Gasteiger partial charge is 0.497 e.